The number of hydrogen-bond donors (Lipinski definition) is 3. The minimum absolute atomic E-state index is 0.109. The van der Waals surface area contributed by atoms with Gasteiger partial charge in [0, 0.05) is 25.7 Å². The van der Waals surface area contributed by atoms with Gasteiger partial charge in [-0.15, -0.1) is 0 Å². The monoisotopic (exact) mass is 1410 g/mol. The molecule has 17 nitrogen and oxygen atoms in total. The molecule has 0 radical (unpaired) electrons. The summed E-state index contributed by atoms with van der Waals surface area (Å²) in [6.07, 6.45) is 62.1. The Kier molecular flexibility index (Phi) is 70.0. The molecule has 0 aromatic carbocycles. The highest BCUT2D eigenvalue weighted by atomic mass is 31.2. The number of aliphatic hydroxyl groups excluding tert-OH is 1. The third-order valence-corrected chi connectivity index (χ3v) is 20.0. The van der Waals surface area contributed by atoms with Gasteiger partial charge in [-0.25, -0.2) is 9.13 Å². The smallest absolute Gasteiger partial charge is 0.462 e. The molecule has 0 aliphatic carbocycles. The van der Waals surface area contributed by atoms with Crippen molar-refractivity contribution in [2.45, 2.75) is 431 Å². The van der Waals surface area contributed by atoms with E-state index in [9.17, 15) is 43.2 Å². The van der Waals surface area contributed by atoms with Crippen molar-refractivity contribution in [2.75, 3.05) is 39.6 Å². The van der Waals surface area contributed by atoms with E-state index < -0.39 is 97.5 Å². The number of carbonyl (C=O) groups excluding carboxylic acids is 4. The summed E-state index contributed by atoms with van der Waals surface area (Å²) in [5, 5.41) is 10.6. The Hall–Kier alpha value is -1.94. The fraction of sp³-hybridized carbons (Fsp3) is 0.948. The maximum Gasteiger partial charge on any atom is 0.472 e. The van der Waals surface area contributed by atoms with Crippen LogP contribution in [0, 0.1) is 0 Å². The molecule has 0 amide bonds. The molecule has 96 heavy (non-hydrogen) atoms. The van der Waals surface area contributed by atoms with Crippen molar-refractivity contribution in [3.63, 3.8) is 0 Å². The van der Waals surface area contributed by atoms with E-state index >= 15 is 0 Å². The summed E-state index contributed by atoms with van der Waals surface area (Å²) in [5.74, 6) is -2.11. The quantitative estimate of drug-likeness (QED) is 0.0222. The maximum atomic E-state index is 13.1. The summed E-state index contributed by atoms with van der Waals surface area (Å²) < 4.78 is 68.6. The topological polar surface area (TPSA) is 237 Å². The zero-order chi connectivity index (χ0) is 70.4. The molecule has 0 aliphatic heterocycles. The highest BCUT2D eigenvalue weighted by molar-refractivity contribution is 7.47. The third-order valence-electron chi connectivity index (χ3n) is 18.1. The zero-order valence-electron chi connectivity index (χ0n) is 62.4. The lowest BCUT2D eigenvalue weighted by atomic mass is 10.0. The van der Waals surface area contributed by atoms with Crippen molar-refractivity contribution in [1.29, 1.82) is 0 Å². The van der Waals surface area contributed by atoms with Crippen LogP contribution in [0.25, 0.3) is 0 Å². The number of esters is 4. The second-order valence-electron chi connectivity index (χ2n) is 27.7. The molecule has 0 heterocycles. The molecule has 570 valence electrons. The number of unbranched alkanes of at least 4 members (excludes halogenated alkanes) is 52. The molecule has 0 bridgehead atoms. The van der Waals surface area contributed by atoms with Crippen LogP contribution in [-0.2, 0) is 65.4 Å². The normalized spacial score (nSPS) is 13.9. The first-order valence-corrected chi connectivity index (χ1v) is 43.3. The summed E-state index contributed by atoms with van der Waals surface area (Å²) >= 11 is 0. The lowest BCUT2D eigenvalue weighted by Crippen LogP contribution is -2.30. The first-order chi connectivity index (χ1) is 46.7. The summed E-state index contributed by atoms with van der Waals surface area (Å²) in [4.78, 5) is 72.9. The SMILES string of the molecule is CCCCCCCCCCCCCCCCCC(=O)OC[C@H](COP(=O)(O)OC[C@H](O)COP(=O)(O)OC[C@@H](COC(=O)CCCCCCCCCCCCCCC)OC(=O)CCCCCCCCCCCCCCCCC)OC(=O)CCCCCCCCCCCCCCC. The van der Waals surface area contributed by atoms with Gasteiger partial charge in [-0.1, -0.05) is 362 Å². The average molecular weight is 1410 g/mol. The third kappa shape index (κ3) is 70.5. The van der Waals surface area contributed by atoms with Crippen molar-refractivity contribution < 1.29 is 80.2 Å². The highest BCUT2D eigenvalue weighted by Crippen LogP contribution is 2.45. The average Bonchev–Trinajstić information content (AvgIpc) is 1.17. The molecule has 0 saturated carbocycles. The molecular formula is C77H150O17P2. The Balaban J connectivity index is 5.25. The molecule has 0 fully saturated rings. The van der Waals surface area contributed by atoms with Gasteiger partial charge in [0.15, 0.2) is 12.2 Å². The number of phosphoric acid groups is 2. The molecule has 5 atom stereocenters. The van der Waals surface area contributed by atoms with Gasteiger partial charge in [-0.3, -0.25) is 37.3 Å². The minimum Gasteiger partial charge on any atom is -0.462 e. The number of rotatable bonds is 78. The summed E-state index contributed by atoms with van der Waals surface area (Å²) in [7, 11) is -9.91. The van der Waals surface area contributed by atoms with Gasteiger partial charge in [-0.05, 0) is 25.7 Å². The lowest BCUT2D eigenvalue weighted by Gasteiger charge is -2.21. The molecule has 0 rings (SSSR count). The van der Waals surface area contributed by atoms with Crippen LogP contribution in [0.2, 0.25) is 0 Å². The fourth-order valence-electron chi connectivity index (χ4n) is 11.9. The molecule has 0 aliphatic rings. The van der Waals surface area contributed by atoms with E-state index in [-0.39, 0.29) is 25.7 Å². The fourth-order valence-corrected chi connectivity index (χ4v) is 13.5. The van der Waals surface area contributed by atoms with Crippen molar-refractivity contribution >= 4 is 39.5 Å². The van der Waals surface area contributed by atoms with Gasteiger partial charge in [0.05, 0.1) is 26.4 Å². The standard InChI is InChI=1S/C77H150O17P2/c1-5-9-13-17-21-25-29-33-35-39-42-46-50-54-58-62-75(80)88-68-72(93-76(81)63-59-55-51-47-43-38-32-28-24-20-16-12-8-4)69-91-95(83,84)89-65-71(78)66-90-96(85,86)92-70-73(67-87-74(79)61-57-53-49-45-41-37-31-27-23-19-15-11-7-3)94-77(82)64-60-56-52-48-44-40-36-34-30-26-22-18-14-10-6-2/h71-73,78H,5-70H2,1-4H3,(H,83,84)(H,85,86)/t71-,72+,73+/m0/s1. The molecule has 0 aromatic heterocycles. The predicted octanol–water partition coefficient (Wildman–Crippen LogP) is 23.0. The number of hydrogen-bond acceptors (Lipinski definition) is 15. The Morgan fingerprint density at radius 3 is 0.615 bits per heavy atom. The molecule has 2 unspecified atom stereocenters. The number of aliphatic hydroxyl groups is 1. The molecular weight excluding hydrogens is 1260 g/mol. The number of phosphoric ester groups is 2. The second-order valence-corrected chi connectivity index (χ2v) is 30.7. The van der Waals surface area contributed by atoms with Crippen molar-refractivity contribution in [1.82, 2.24) is 0 Å². The van der Waals surface area contributed by atoms with Gasteiger partial charge in [0.25, 0.3) is 0 Å². The van der Waals surface area contributed by atoms with Gasteiger partial charge in [-0.2, -0.15) is 0 Å². The Morgan fingerprint density at radius 2 is 0.417 bits per heavy atom. The van der Waals surface area contributed by atoms with Gasteiger partial charge in [0.2, 0.25) is 0 Å². The van der Waals surface area contributed by atoms with E-state index in [4.69, 9.17) is 37.0 Å². The molecule has 0 saturated heterocycles. The Morgan fingerprint density at radius 1 is 0.250 bits per heavy atom. The first-order valence-electron chi connectivity index (χ1n) is 40.3. The number of carbonyl (C=O) groups is 4. The summed E-state index contributed by atoms with van der Waals surface area (Å²) in [6.45, 7) is 5.01. The van der Waals surface area contributed by atoms with Gasteiger partial charge >= 0.3 is 39.5 Å². The van der Waals surface area contributed by atoms with Crippen LogP contribution in [0.3, 0.4) is 0 Å². The predicted molar refractivity (Wildman–Crippen MR) is 391 cm³/mol. The van der Waals surface area contributed by atoms with E-state index in [0.29, 0.717) is 25.7 Å². The van der Waals surface area contributed by atoms with Crippen molar-refractivity contribution in [2.24, 2.45) is 0 Å². The second kappa shape index (κ2) is 71.5. The Bertz CT molecular complexity index is 1830. The van der Waals surface area contributed by atoms with Crippen molar-refractivity contribution in [3.05, 3.63) is 0 Å². The minimum atomic E-state index is -4.96. The van der Waals surface area contributed by atoms with E-state index in [0.717, 1.165) is 89.9 Å². The first kappa shape index (κ1) is 94.1. The van der Waals surface area contributed by atoms with Crippen LogP contribution in [-0.4, -0.2) is 96.7 Å². The summed E-state index contributed by atoms with van der Waals surface area (Å²) in [5.41, 5.74) is 0. The Labute approximate surface area is 588 Å². The zero-order valence-corrected chi connectivity index (χ0v) is 64.1. The maximum absolute atomic E-state index is 13.1. The van der Waals surface area contributed by atoms with E-state index in [1.165, 1.54) is 244 Å². The van der Waals surface area contributed by atoms with Crippen molar-refractivity contribution in [3.8, 4) is 0 Å². The van der Waals surface area contributed by atoms with Crippen LogP contribution in [0.1, 0.15) is 413 Å². The molecule has 3 N–H and O–H groups in total. The van der Waals surface area contributed by atoms with Crippen LogP contribution in [0.4, 0.5) is 0 Å². The number of ether oxygens (including phenoxy) is 4. The van der Waals surface area contributed by atoms with Crippen LogP contribution < -0.4 is 0 Å². The lowest BCUT2D eigenvalue weighted by molar-refractivity contribution is -0.161. The van der Waals surface area contributed by atoms with Gasteiger partial charge < -0.3 is 33.8 Å². The molecule has 0 aromatic rings. The van der Waals surface area contributed by atoms with Crippen LogP contribution in [0.5, 0.6) is 0 Å². The van der Waals surface area contributed by atoms with E-state index in [1.807, 2.05) is 0 Å². The largest absolute Gasteiger partial charge is 0.472 e. The van der Waals surface area contributed by atoms with Crippen LogP contribution in [0.15, 0.2) is 0 Å². The summed E-state index contributed by atoms with van der Waals surface area (Å²) in [6, 6.07) is 0. The van der Waals surface area contributed by atoms with Gasteiger partial charge in [0.1, 0.15) is 19.3 Å². The van der Waals surface area contributed by atoms with E-state index in [1.54, 1.807) is 0 Å². The van der Waals surface area contributed by atoms with Crippen LogP contribution >= 0.6 is 15.6 Å². The van der Waals surface area contributed by atoms with E-state index in [2.05, 4.69) is 27.7 Å². The highest BCUT2D eigenvalue weighted by Gasteiger charge is 2.30. The molecule has 0 spiro atoms. The molecule has 19 heteroatoms.